The molecule has 0 spiro atoms. The molecule has 1 heterocycles. The summed E-state index contributed by atoms with van der Waals surface area (Å²) >= 11 is 0. The van der Waals surface area contributed by atoms with Crippen molar-refractivity contribution in [3.05, 3.63) is 108 Å². The number of hydrogen-bond donors (Lipinski definition) is 4. The molecular formula is C43H62N4O7. The number of alkyl carbamates (subject to hydrolysis) is 2. The Kier molecular flexibility index (Phi) is 21.6. The van der Waals surface area contributed by atoms with Crippen molar-refractivity contribution in [3.63, 3.8) is 0 Å². The van der Waals surface area contributed by atoms with Crippen LogP contribution in [0.25, 0.3) is 10.8 Å². The second-order valence-corrected chi connectivity index (χ2v) is 14.7. The third kappa shape index (κ3) is 20.0. The summed E-state index contributed by atoms with van der Waals surface area (Å²) in [5.41, 5.74) is 1.32. The van der Waals surface area contributed by atoms with Gasteiger partial charge in [0.05, 0.1) is 5.41 Å². The summed E-state index contributed by atoms with van der Waals surface area (Å²) in [6.07, 6.45) is 3.64. The molecule has 4 aromatic rings. The van der Waals surface area contributed by atoms with Gasteiger partial charge in [0.15, 0.2) is 0 Å². The van der Waals surface area contributed by atoms with Crippen molar-refractivity contribution in [1.82, 2.24) is 15.6 Å². The van der Waals surface area contributed by atoms with Gasteiger partial charge in [-0.2, -0.15) is 0 Å². The highest BCUT2D eigenvalue weighted by Crippen LogP contribution is 2.22. The van der Waals surface area contributed by atoms with Crippen LogP contribution in [0.2, 0.25) is 0 Å². The molecule has 0 radical (unpaired) electrons. The third-order valence-corrected chi connectivity index (χ3v) is 7.25. The molecule has 0 aliphatic carbocycles. The minimum Gasteiger partial charge on any atom is -0.483 e. The van der Waals surface area contributed by atoms with Gasteiger partial charge in [-0.1, -0.05) is 94.4 Å². The van der Waals surface area contributed by atoms with Gasteiger partial charge < -0.3 is 35.3 Å². The fourth-order valence-corrected chi connectivity index (χ4v) is 4.44. The van der Waals surface area contributed by atoms with Gasteiger partial charge >= 0.3 is 12.2 Å². The van der Waals surface area contributed by atoms with E-state index in [2.05, 4.69) is 59.0 Å². The lowest BCUT2D eigenvalue weighted by Crippen LogP contribution is -2.42. The zero-order chi connectivity index (χ0) is 41.4. The number of pyridine rings is 1. The Bertz CT molecular complexity index is 1670. The maximum absolute atomic E-state index is 11.6. The first kappa shape index (κ1) is 48.5. The Labute approximate surface area is 322 Å². The van der Waals surface area contributed by atoms with Crippen molar-refractivity contribution in [3.8, 4) is 0 Å². The number of carboxylic acid groups (broad SMARTS) is 1. The first-order chi connectivity index (χ1) is 25.3. The van der Waals surface area contributed by atoms with Gasteiger partial charge in [0, 0.05) is 49.0 Å². The number of nitrogens with zero attached hydrogens (tertiary/aromatic N) is 1. The lowest BCUT2D eigenvalue weighted by molar-refractivity contribution is -0.122. The Morgan fingerprint density at radius 1 is 0.685 bits per heavy atom. The number of ether oxygens (including phenoxy) is 2. The number of fused-ring (bicyclic) bond motifs is 1. The van der Waals surface area contributed by atoms with E-state index in [4.69, 9.17) is 19.4 Å². The monoisotopic (exact) mass is 746 g/mol. The number of rotatable bonds is 8. The summed E-state index contributed by atoms with van der Waals surface area (Å²) in [5.74, 6) is 0. The molecule has 1 aromatic heterocycles. The van der Waals surface area contributed by atoms with E-state index in [1.54, 1.807) is 27.7 Å². The first-order valence-electron chi connectivity index (χ1n) is 17.9. The van der Waals surface area contributed by atoms with Gasteiger partial charge in [-0.25, -0.2) is 9.59 Å². The minimum atomic E-state index is -0.752. The number of carbonyl (C=O) groups excluding carboxylic acids is 3. The molecule has 0 aliphatic heterocycles. The van der Waals surface area contributed by atoms with E-state index in [1.165, 1.54) is 16.3 Å². The van der Waals surface area contributed by atoms with Gasteiger partial charge in [-0.15, -0.1) is 0 Å². The number of hydrogen-bond acceptors (Lipinski definition) is 8. The normalized spacial score (nSPS) is 11.6. The average Bonchev–Trinajstić information content (AvgIpc) is 3.14. The number of carbonyl (C=O) groups is 4. The quantitative estimate of drug-likeness (QED) is 0.129. The van der Waals surface area contributed by atoms with Crippen LogP contribution in [0.1, 0.15) is 87.3 Å². The Morgan fingerprint density at radius 3 is 1.59 bits per heavy atom. The molecule has 0 saturated heterocycles. The number of benzene rings is 3. The maximum Gasteiger partial charge on any atom is 0.407 e. The molecule has 2 amide bonds. The number of anilines is 1. The minimum absolute atomic E-state index is 0.113. The largest absolute Gasteiger partial charge is 0.483 e. The molecule has 1 atom stereocenters. The number of aldehydes is 1. The number of aromatic nitrogens is 1. The van der Waals surface area contributed by atoms with Gasteiger partial charge in [0.25, 0.3) is 6.47 Å². The number of amides is 2. The summed E-state index contributed by atoms with van der Waals surface area (Å²) in [5, 5.41) is 17.8. The van der Waals surface area contributed by atoms with Crippen molar-refractivity contribution in [2.75, 3.05) is 25.5 Å². The van der Waals surface area contributed by atoms with Crippen molar-refractivity contribution in [2.45, 2.75) is 98.2 Å². The highest BCUT2D eigenvalue weighted by molar-refractivity contribution is 5.84. The van der Waals surface area contributed by atoms with Gasteiger partial charge in [0.1, 0.15) is 17.5 Å². The SMILES string of the molecule is CC.CC(C)(C)OC(=O)NCC(C)(C)c1ccccc1.CC(C)(C)OC(=O)NCC(C)(C=O)c1ccccc1.CNc1ccc2cnccc2c1.O=CO. The Hall–Kier alpha value is -5.45. The van der Waals surface area contributed by atoms with Crippen LogP contribution in [0.5, 0.6) is 0 Å². The fourth-order valence-electron chi connectivity index (χ4n) is 4.44. The third-order valence-electron chi connectivity index (χ3n) is 7.25. The standard InChI is InChI=1S/C15H21NO3.C15H23NO2.C10H10N2.C2H6.CH2O2/c1-14(2,3)19-13(18)16-10-15(4,11-17)12-8-6-5-7-9-12;1-14(2,3)18-13(17)16-11-15(4,5)12-9-7-6-8-10-12;1-11-10-3-2-9-7-12-5-4-8(9)6-10;1-2;2-1-3/h5-9,11H,10H2,1-4H3,(H,16,18);6-10H,11H2,1-5H3,(H,16,17);2-7,11H,1H3;1-2H3;1H,(H,2,3). The molecule has 11 heteroatoms. The van der Waals surface area contributed by atoms with Crippen LogP contribution in [0.15, 0.2) is 97.3 Å². The van der Waals surface area contributed by atoms with Crippen LogP contribution in [-0.4, -0.2) is 66.4 Å². The average molecular weight is 747 g/mol. The van der Waals surface area contributed by atoms with Crippen molar-refractivity contribution in [2.24, 2.45) is 0 Å². The van der Waals surface area contributed by atoms with Crippen molar-refractivity contribution in [1.29, 1.82) is 0 Å². The molecular weight excluding hydrogens is 684 g/mol. The number of nitrogens with one attached hydrogen (secondary N) is 3. The summed E-state index contributed by atoms with van der Waals surface area (Å²) in [6.45, 7) is 21.4. The van der Waals surface area contributed by atoms with E-state index in [9.17, 15) is 14.4 Å². The lowest BCUT2D eigenvalue weighted by Gasteiger charge is -2.27. The zero-order valence-electron chi connectivity index (χ0n) is 34.2. The van der Waals surface area contributed by atoms with Crippen molar-refractivity contribution < 1.29 is 33.8 Å². The highest BCUT2D eigenvalue weighted by Gasteiger charge is 2.28. The molecule has 0 saturated carbocycles. The molecule has 0 aliphatic rings. The molecule has 11 nitrogen and oxygen atoms in total. The molecule has 4 rings (SSSR count). The van der Waals surface area contributed by atoms with Crippen LogP contribution in [-0.2, 0) is 29.9 Å². The van der Waals surface area contributed by atoms with Crippen LogP contribution < -0.4 is 16.0 Å². The van der Waals surface area contributed by atoms with E-state index in [-0.39, 0.29) is 24.5 Å². The Balaban J connectivity index is 0.000000748. The molecule has 0 bridgehead atoms. The van der Waals surface area contributed by atoms with Crippen LogP contribution in [0.3, 0.4) is 0 Å². The van der Waals surface area contributed by atoms with E-state index in [0.717, 1.165) is 17.5 Å². The molecule has 4 N–H and O–H groups in total. The molecule has 3 aromatic carbocycles. The van der Waals surface area contributed by atoms with E-state index >= 15 is 0 Å². The van der Waals surface area contributed by atoms with Gasteiger partial charge in [0.2, 0.25) is 0 Å². The van der Waals surface area contributed by atoms with Gasteiger partial charge in [-0.3, -0.25) is 9.78 Å². The highest BCUT2D eigenvalue weighted by atomic mass is 16.6. The molecule has 54 heavy (non-hydrogen) atoms. The van der Waals surface area contributed by atoms with Gasteiger partial charge in [-0.05, 0) is 83.2 Å². The zero-order valence-corrected chi connectivity index (χ0v) is 34.2. The summed E-state index contributed by atoms with van der Waals surface area (Å²) in [6, 6.07) is 27.7. The second-order valence-electron chi connectivity index (χ2n) is 14.7. The first-order valence-corrected chi connectivity index (χ1v) is 17.9. The van der Waals surface area contributed by atoms with Crippen molar-refractivity contribution >= 4 is 41.4 Å². The van der Waals surface area contributed by atoms with Crippen LogP contribution >= 0.6 is 0 Å². The molecule has 1 unspecified atom stereocenters. The molecule has 0 fully saturated rings. The summed E-state index contributed by atoms with van der Waals surface area (Å²) < 4.78 is 10.4. The molecule has 296 valence electrons. The van der Waals surface area contributed by atoms with Crippen LogP contribution in [0, 0.1) is 0 Å². The predicted octanol–water partition coefficient (Wildman–Crippen LogP) is 9.16. The second kappa shape index (κ2) is 24.0. The topological polar surface area (TPSA) is 156 Å². The fraction of sp³-hybridized carbons (Fsp3) is 0.419. The summed E-state index contributed by atoms with van der Waals surface area (Å²) in [7, 11) is 1.92. The van der Waals surface area contributed by atoms with Crippen LogP contribution in [0.4, 0.5) is 15.3 Å². The predicted molar refractivity (Wildman–Crippen MR) is 219 cm³/mol. The maximum atomic E-state index is 11.6. The lowest BCUT2D eigenvalue weighted by atomic mass is 9.84. The van der Waals surface area contributed by atoms with E-state index in [0.29, 0.717) is 6.54 Å². The smallest absolute Gasteiger partial charge is 0.407 e. The van der Waals surface area contributed by atoms with E-state index < -0.39 is 22.7 Å². The summed E-state index contributed by atoms with van der Waals surface area (Å²) in [4.78, 5) is 46.9. The van der Waals surface area contributed by atoms with E-state index in [1.807, 2.05) is 115 Å². The Morgan fingerprint density at radius 2 is 1.15 bits per heavy atom.